The number of hydrogen-bond donors (Lipinski definition) is 2. The van der Waals surface area contributed by atoms with Crippen LogP contribution in [-0.2, 0) is 4.79 Å². The average Bonchev–Trinajstić information content (AvgIpc) is 2.95. The number of carbonyl (C=O) groups excluding carboxylic acids is 1. The van der Waals surface area contributed by atoms with E-state index >= 15 is 0 Å². The number of fused-ring (bicyclic) bond motifs is 1. The van der Waals surface area contributed by atoms with Gasteiger partial charge in [0.2, 0.25) is 0 Å². The number of carbonyl (C=O) groups is 2. The third kappa shape index (κ3) is 2.95. The molecule has 0 bridgehead atoms. The van der Waals surface area contributed by atoms with Gasteiger partial charge in [0.25, 0.3) is 0 Å². The minimum Gasteiger partial charge on any atom is -0.481 e. The summed E-state index contributed by atoms with van der Waals surface area (Å²) >= 11 is 1.71. The zero-order valence-corrected chi connectivity index (χ0v) is 12.5. The number of nitrogens with one attached hydrogen (secondary N) is 1. The van der Waals surface area contributed by atoms with Gasteiger partial charge in [-0.25, -0.2) is 4.79 Å². The Bertz CT molecular complexity index is 402. The molecule has 1 aliphatic carbocycles. The van der Waals surface area contributed by atoms with E-state index in [4.69, 9.17) is 0 Å². The second-order valence-corrected chi connectivity index (χ2v) is 6.68. The van der Waals surface area contributed by atoms with Gasteiger partial charge in [0.05, 0.1) is 5.41 Å². The molecule has 5 nitrogen and oxygen atoms in total. The molecule has 1 aliphatic heterocycles. The van der Waals surface area contributed by atoms with Gasteiger partial charge in [-0.2, -0.15) is 11.8 Å². The third-order valence-electron chi connectivity index (χ3n) is 4.34. The number of rotatable bonds is 6. The Kier molecular flexibility index (Phi) is 4.96. The van der Waals surface area contributed by atoms with E-state index < -0.39 is 11.4 Å². The number of amides is 2. The molecule has 0 radical (unpaired) electrons. The zero-order chi connectivity index (χ0) is 14.6. The number of likely N-dealkylation sites (tertiary alicyclic amines) is 1. The lowest BCUT2D eigenvalue weighted by molar-refractivity contribution is -0.149. The quantitative estimate of drug-likeness (QED) is 0.579. The first kappa shape index (κ1) is 15.2. The highest BCUT2D eigenvalue weighted by Crippen LogP contribution is 2.48. The summed E-state index contributed by atoms with van der Waals surface area (Å²) in [5, 5.41) is 12.3. The van der Waals surface area contributed by atoms with E-state index in [-0.39, 0.29) is 11.9 Å². The van der Waals surface area contributed by atoms with Crippen LogP contribution in [0.4, 0.5) is 4.79 Å². The van der Waals surface area contributed by atoms with E-state index in [1.807, 2.05) is 6.08 Å². The molecule has 2 rings (SSSR count). The largest absolute Gasteiger partial charge is 0.481 e. The van der Waals surface area contributed by atoms with Crippen molar-refractivity contribution in [3.8, 4) is 0 Å². The first-order valence-electron chi connectivity index (χ1n) is 7.05. The second-order valence-electron chi connectivity index (χ2n) is 5.53. The molecule has 0 aromatic rings. The molecule has 112 valence electrons. The van der Waals surface area contributed by atoms with E-state index in [0.29, 0.717) is 26.1 Å². The molecular formula is C14H22N2O3S. The molecule has 6 heteroatoms. The SMILES string of the molecule is C=CCSCCNC(=O)N1C[C@@H]2CCC[C@@]2(C(=O)O)C1. The second kappa shape index (κ2) is 6.52. The Balaban J connectivity index is 1.81. The van der Waals surface area contributed by atoms with Crippen LogP contribution < -0.4 is 5.32 Å². The van der Waals surface area contributed by atoms with Crippen LogP contribution in [0.1, 0.15) is 19.3 Å². The van der Waals surface area contributed by atoms with Gasteiger partial charge in [-0.15, -0.1) is 6.58 Å². The first-order valence-corrected chi connectivity index (χ1v) is 8.20. The first-order chi connectivity index (χ1) is 9.60. The molecule has 1 saturated heterocycles. The van der Waals surface area contributed by atoms with Crippen LogP contribution in [0, 0.1) is 11.3 Å². The Morgan fingerprint density at radius 3 is 3.00 bits per heavy atom. The number of nitrogens with zero attached hydrogens (tertiary/aromatic N) is 1. The standard InChI is InChI=1S/C14H22N2O3S/c1-2-7-20-8-6-15-13(19)16-9-11-4-3-5-14(11,10-16)12(17)18/h2,11H,1,3-10H2,(H,15,19)(H,17,18)/t11-,14+/m0/s1. The molecule has 20 heavy (non-hydrogen) atoms. The summed E-state index contributed by atoms with van der Waals surface area (Å²) in [6.45, 7) is 5.19. The van der Waals surface area contributed by atoms with E-state index in [1.165, 1.54) is 0 Å². The van der Waals surface area contributed by atoms with Gasteiger partial charge < -0.3 is 15.3 Å². The lowest BCUT2D eigenvalue weighted by Crippen LogP contribution is -2.42. The summed E-state index contributed by atoms with van der Waals surface area (Å²) in [4.78, 5) is 25.3. The van der Waals surface area contributed by atoms with Gasteiger partial charge in [-0.3, -0.25) is 4.79 Å². The maximum Gasteiger partial charge on any atom is 0.317 e. The number of hydrogen-bond acceptors (Lipinski definition) is 3. The van der Waals surface area contributed by atoms with Crippen molar-refractivity contribution in [1.82, 2.24) is 10.2 Å². The van der Waals surface area contributed by atoms with Crippen LogP contribution in [0.3, 0.4) is 0 Å². The van der Waals surface area contributed by atoms with E-state index in [0.717, 1.165) is 24.3 Å². The minimum atomic E-state index is -0.739. The van der Waals surface area contributed by atoms with Crippen molar-refractivity contribution < 1.29 is 14.7 Å². The summed E-state index contributed by atoms with van der Waals surface area (Å²) in [5.74, 6) is 1.11. The van der Waals surface area contributed by atoms with E-state index in [1.54, 1.807) is 16.7 Å². The molecule has 2 aliphatic rings. The lowest BCUT2D eigenvalue weighted by Gasteiger charge is -2.23. The average molecular weight is 298 g/mol. The normalized spacial score (nSPS) is 28.2. The van der Waals surface area contributed by atoms with Gasteiger partial charge in [0.15, 0.2) is 0 Å². The minimum absolute atomic E-state index is 0.126. The smallest absolute Gasteiger partial charge is 0.317 e. The van der Waals surface area contributed by atoms with Crippen molar-refractivity contribution in [2.45, 2.75) is 19.3 Å². The molecular weight excluding hydrogens is 276 g/mol. The van der Waals surface area contributed by atoms with Crippen molar-refractivity contribution >= 4 is 23.8 Å². The van der Waals surface area contributed by atoms with Crippen molar-refractivity contribution in [3.63, 3.8) is 0 Å². The molecule has 0 spiro atoms. The highest BCUT2D eigenvalue weighted by atomic mass is 32.2. The van der Waals surface area contributed by atoms with Gasteiger partial charge in [-0.05, 0) is 18.8 Å². The fourth-order valence-electron chi connectivity index (χ4n) is 3.30. The fraction of sp³-hybridized carbons (Fsp3) is 0.714. The maximum atomic E-state index is 12.1. The molecule has 0 aromatic heterocycles. The molecule has 2 amide bonds. The third-order valence-corrected chi connectivity index (χ3v) is 5.31. The molecule has 2 N–H and O–H groups in total. The lowest BCUT2D eigenvalue weighted by atomic mass is 9.81. The number of aliphatic carboxylic acids is 1. The summed E-state index contributed by atoms with van der Waals surface area (Å²) in [6, 6.07) is -0.126. The van der Waals surface area contributed by atoms with Crippen LogP contribution in [-0.4, -0.2) is 53.1 Å². The van der Waals surface area contributed by atoms with E-state index in [9.17, 15) is 14.7 Å². The van der Waals surface area contributed by atoms with Crippen molar-refractivity contribution in [2.24, 2.45) is 11.3 Å². The number of thioether (sulfide) groups is 1. The van der Waals surface area contributed by atoms with Crippen molar-refractivity contribution in [2.75, 3.05) is 31.1 Å². The van der Waals surface area contributed by atoms with E-state index in [2.05, 4.69) is 11.9 Å². The Morgan fingerprint density at radius 2 is 2.35 bits per heavy atom. The van der Waals surface area contributed by atoms with Gasteiger partial charge in [0, 0.05) is 31.1 Å². The molecule has 2 atom stereocenters. The predicted octanol–water partition coefficient (Wildman–Crippen LogP) is 1.80. The van der Waals surface area contributed by atoms with Gasteiger partial charge in [-0.1, -0.05) is 12.5 Å². The van der Waals surface area contributed by atoms with Crippen molar-refractivity contribution in [3.05, 3.63) is 12.7 Å². The van der Waals surface area contributed by atoms with Crippen LogP contribution >= 0.6 is 11.8 Å². The molecule has 0 unspecified atom stereocenters. The highest BCUT2D eigenvalue weighted by molar-refractivity contribution is 7.99. The van der Waals surface area contributed by atoms with Crippen LogP contribution in [0.5, 0.6) is 0 Å². The summed E-state index contributed by atoms with van der Waals surface area (Å²) < 4.78 is 0. The van der Waals surface area contributed by atoms with Crippen LogP contribution in [0.25, 0.3) is 0 Å². The fourth-order valence-corrected chi connectivity index (χ4v) is 3.88. The van der Waals surface area contributed by atoms with Crippen LogP contribution in [0.2, 0.25) is 0 Å². The highest BCUT2D eigenvalue weighted by Gasteiger charge is 2.55. The van der Waals surface area contributed by atoms with Crippen LogP contribution in [0.15, 0.2) is 12.7 Å². The Labute approximate surface area is 123 Å². The Morgan fingerprint density at radius 1 is 1.55 bits per heavy atom. The maximum absolute atomic E-state index is 12.1. The number of carboxylic acids is 1. The molecule has 1 saturated carbocycles. The monoisotopic (exact) mass is 298 g/mol. The summed E-state index contributed by atoms with van der Waals surface area (Å²) in [7, 11) is 0. The number of carboxylic acid groups (broad SMARTS) is 1. The van der Waals surface area contributed by atoms with Gasteiger partial charge >= 0.3 is 12.0 Å². The molecule has 0 aromatic carbocycles. The summed E-state index contributed by atoms with van der Waals surface area (Å²) in [5.41, 5.74) is -0.686. The molecule has 2 fully saturated rings. The topological polar surface area (TPSA) is 69.6 Å². The summed E-state index contributed by atoms with van der Waals surface area (Å²) in [6.07, 6.45) is 4.42. The number of urea groups is 1. The predicted molar refractivity (Wildman–Crippen MR) is 79.9 cm³/mol. The zero-order valence-electron chi connectivity index (χ0n) is 11.6. The Hall–Kier alpha value is -1.17. The van der Waals surface area contributed by atoms with Gasteiger partial charge in [0.1, 0.15) is 0 Å². The van der Waals surface area contributed by atoms with Crippen molar-refractivity contribution in [1.29, 1.82) is 0 Å². The molecule has 1 heterocycles.